The van der Waals surface area contributed by atoms with Gasteiger partial charge in [-0.05, 0) is 57.4 Å². The third-order valence-electron chi connectivity index (χ3n) is 3.28. The van der Waals surface area contributed by atoms with Gasteiger partial charge in [0.2, 0.25) is 0 Å². The minimum Gasteiger partial charge on any atom is -0.377 e. The van der Waals surface area contributed by atoms with Crippen LogP contribution in [0.3, 0.4) is 0 Å². The summed E-state index contributed by atoms with van der Waals surface area (Å²) in [5.41, 5.74) is 1.50. The number of rotatable bonds is 5. The summed E-state index contributed by atoms with van der Waals surface area (Å²) in [6, 6.07) is 6.55. The topological polar surface area (TPSA) is 21.3 Å². The normalized spacial score (nSPS) is 19.5. The van der Waals surface area contributed by atoms with Gasteiger partial charge in [-0.25, -0.2) is 0 Å². The highest BCUT2D eigenvalue weighted by molar-refractivity contribution is 9.10. The molecule has 1 aromatic rings. The SMILES string of the molecule is CC(C)(C)NCc1cc(Br)ccc1SCC1CCCO1. The summed E-state index contributed by atoms with van der Waals surface area (Å²) in [6.45, 7) is 8.43. The van der Waals surface area contributed by atoms with Crippen molar-refractivity contribution < 1.29 is 4.74 Å². The highest BCUT2D eigenvalue weighted by Gasteiger charge is 2.17. The van der Waals surface area contributed by atoms with Crippen molar-refractivity contribution in [2.75, 3.05) is 12.4 Å². The van der Waals surface area contributed by atoms with E-state index in [1.54, 1.807) is 0 Å². The minimum atomic E-state index is 0.138. The Morgan fingerprint density at radius 2 is 2.20 bits per heavy atom. The first-order chi connectivity index (χ1) is 9.44. The van der Waals surface area contributed by atoms with Crippen LogP contribution in [0.4, 0.5) is 0 Å². The van der Waals surface area contributed by atoms with Gasteiger partial charge in [-0.3, -0.25) is 0 Å². The largest absolute Gasteiger partial charge is 0.377 e. The van der Waals surface area contributed by atoms with E-state index in [4.69, 9.17) is 4.74 Å². The van der Waals surface area contributed by atoms with E-state index in [2.05, 4.69) is 60.2 Å². The predicted octanol–water partition coefficient (Wildman–Crippen LogP) is 4.61. The fourth-order valence-electron chi connectivity index (χ4n) is 2.15. The Morgan fingerprint density at radius 1 is 1.40 bits per heavy atom. The van der Waals surface area contributed by atoms with Crippen LogP contribution in [0.25, 0.3) is 0 Å². The summed E-state index contributed by atoms with van der Waals surface area (Å²) in [5.74, 6) is 1.06. The van der Waals surface area contributed by atoms with Crippen LogP contribution in [0.15, 0.2) is 27.6 Å². The molecule has 1 fully saturated rings. The fourth-order valence-corrected chi connectivity index (χ4v) is 3.66. The first-order valence-electron chi connectivity index (χ1n) is 7.22. The molecular weight excluding hydrogens is 334 g/mol. The molecule has 0 spiro atoms. The fraction of sp³-hybridized carbons (Fsp3) is 0.625. The van der Waals surface area contributed by atoms with Gasteiger partial charge in [-0.1, -0.05) is 15.9 Å². The van der Waals surface area contributed by atoms with E-state index in [0.29, 0.717) is 6.10 Å². The molecule has 1 saturated heterocycles. The minimum absolute atomic E-state index is 0.138. The molecule has 0 aliphatic carbocycles. The molecule has 1 unspecified atom stereocenters. The first kappa shape index (κ1) is 16.3. The van der Waals surface area contributed by atoms with Crippen molar-refractivity contribution in [1.82, 2.24) is 5.32 Å². The second kappa shape index (κ2) is 7.30. The van der Waals surface area contributed by atoms with Gasteiger partial charge in [0.1, 0.15) is 0 Å². The van der Waals surface area contributed by atoms with Gasteiger partial charge >= 0.3 is 0 Å². The van der Waals surface area contributed by atoms with E-state index in [1.807, 2.05) is 11.8 Å². The lowest BCUT2D eigenvalue weighted by Crippen LogP contribution is -2.35. The number of hydrogen-bond acceptors (Lipinski definition) is 3. The third-order valence-corrected chi connectivity index (χ3v) is 5.02. The first-order valence-corrected chi connectivity index (χ1v) is 9.00. The van der Waals surface area contributed by atoms with Crippen molar-refractivity contribution in [1.29, 1.82) is 0 Å². The summed E-state index contributed by atoms with van der Waals surface area (Å²) in [7, 11) is 0. The van der Waals surface area contributed by atoms with E-state index in [-0.39, 0.29) is 5.54 Å². The average molecular weight is 358 g/mol. The van der Waals surface area contributed by atoms with Gasteiger partial charge in [0.15, 0.2) is 0 Å². The van der Waals surface area contributed by atoms with Crippen molar-refractivity contribution in [3.63, 3.8) is 0 Å². The summed E-state index contributed by atoms with van der Waals surface area (Å²) < 4.78 is 6.85. The van der Waals surface area contributed by atoms with Crippen molar-refractivity contribution in [3.05, 3.63) is 28.2 Å². The Balaban J connectivity index is 1.99. The van der Waals surface area contributed by atoms with Crippen LogP contribution >= 0.6 is 27.7 Å². The maximum Gasteiger partial charge on any atom is 0.0669 e. The van der Waals surface area contributed by atoms with Crippen LogP contribution in [0.2, 0.25) is 0 Å². The Hall–Kier alpha value is -0.0300. The highest BCUT2D eigenvalue weighted by atomic mass is 79.9. The zero-order valence-electron chi connectivity index (χ0n) is 12.5. The second-order valence-electron chi connectivity index (χ2n) is 6.30. The second-order valence-corrected chi connectivity index (χ2v) is 8.28. The van der Waals surface area contributed by atoms with Crippen LogP contribution in [-0.2, 0) is 11.3 Å². The Labute approximate surface area is 135 Å². The van der Waals surface area contributed by atoms with Gasteiger partial charge in [0.25, 0.3) is 0 Å². The maximum atomic E-state index is 5.71. The molecule has 1 aliphatic rings. The molecule has 1 N–H and O–H groups in total. The average Bonchev–Trinajstić information content (AvgIpc) is 2.87. The van der Waals surface area contributed by atoms with Crippen molar-refractivity contribution in [2.24, 2.45) is 0 Å². The summed E-state index contributed by atoms with van der Waals surface area (Å²) in [6.07, 6.45) is 2.86. The number of nitrogens with one attached hydrogen (secondary N) is 1. The predicted molar refractivity (Wildman–Crippen MR) is 90.4 cm³/mol. The number of ether oxygens (including phenoxy) is 1. The van der Waals surface area contributed by atoms with Crippen LogP contribution in [0, 0.1) is 0 Å². The molecule has 0 radical (unpaired) electrons. The van der Waals surface area contributed by atoms with Gasteiger partial charge in [0.05, 0.1) is 6.10 Å². The third kappa shape index (κ3) is 5.40. The van der Waals surface area contributed by atoms with E-state index in [0.717, 1.165) is 23.4 Å². The van der Waals surface area contributed by atoms with Crippen LogP contribution < -0.4 is 5.32 Å². The van der Waals surface area contributed by atoms with E-state index in [1.165, 1.54) is 23.3 Å². The monoisotopic (exact) mass is 357 g/mol. The molecule has 1 aliphatic heterocycles. The molecule has 1 atom stereocenters. The Kier molecular flexibility index (Phi) is 5.96. The van der Waals surface area contributed by atoms with Gasteiger partial charge in [-0.15, -0.1) is 11.8 Å². The molecule has 112 valence electrons. The van der Waals surface area contributed by atoms with E-state index in [9.17, 15) is 0 Å². The quantitative estimate of drug-likeness (QED) is 0.777. The Bertz CT molecular complexity index is 439. The molecule has 2 nitrogen and oxygen atoms in total. The summed E-state index contributed by atoms with van der Waals surface area (Å²) in [4.78, 5) is 1.36. The van der Waals surface area contributed by atoms with Crippen molar-refractivity contribution >= 4 is 27.7 Å². The lowest BCUT2D eigenvalue weighted by molar-refractivity contribution is 0.129. The summed E-state index contributed by atoms with van der Waals surface area (Å²) >= 11 is 5.49. The Morgan fingerprint density at radius 3 is 2.85 bits per heavy atom. The van der Waals surface area contributed by atoms with E-state index < -0.39 is 0 Å². The lowest BCUT2D eigenvalue weighted by Gasteiger charge is -2.22. The number of benzene rings is 1. The smallest absolute Gasteiger partial charge is 0.0669 e. The van der Waals surface area contributed by atoms with Crippen molar-refractivity contribution in [2.45, 2.75) is 56.7 Å². The number of hydrogen-bond donors (Lipinski definition) is 1. The molecular formula is C16H24BrNOS. The number of thioether (sulfide) groups is 1. The van der Waals surface area contributed by atoms with Crippen LogP contribution in [-0.4, -0.2) is 24.0 Å². The van der Waals surface area contributed by atoms with Crippen LogP contribution in [0.5, 0.6) is 0 Å². The molecule has 0 saturated carbocycles. The molecule has 4 heteroatoms. The molecule has 1 aromatic carbocycles. The van der Waals surface area contributed by atoms with Crippen LogP contribution in [0.1, 0.15) is 39.2 Å². The van der Waals surface area contributed by atoms with Crippen molar-refractivity contribution in [3.8, 4) is 0 Å². The molecule has 0 amide bonds. The number of halogens is 1. The maximum absolute atomic E-state index is 5.71. The van der Waals surface area contributed by atoms with E-state index >= 15 is 0 Å². The molecule has 0 bridgehead atoms. The standard InChI is InChI=1S/C16H24BrNOS/c1-16(2,3)18-10-12-9-13(17)6-7-15(12)20-11-14-5-4-8-19-14/h6-7,9,14,18H,4-5,8,10-11H2,1-3H3. The molecule has 2 rings (SSSR count). The van der Waals surface area contributed by atoms with Gasteiger partial charge in [0, 0.05) is 33.8 Å². The zero-order valence-corrected chi connectivity index (χ0v) is 14.9. The van der Waals surface area contributed by atoms with Gasteiger partial charge in [-0.2, -0.15) is 0 Å². The zero-order chi connectivity index (χ0) is 14.6. The molecule has 1 heterocycles. The molecule has 20 heavy (non-hydrogen) atoms. The lowest BCUT2D eigenvalue weighted by atomic mass is 10.1. The molecule has 0 aromatic heterocycles. The van der Waals surface area contributed by atoms with Gasteiger partial charge < -0.3 is 10.1 Å². The summed E-state index contributed by atoms with van der Waals surface area (Å²) in [5, 5.41) is 3.57. The highest BCUT2D eigenvalue weighted by Crippen LogP contribution is 2.29.